The lowest BCUT2D eigenvalue weighted by Gasteiger charge is -2.22. The Bertz CT molecular complexity index is 770. The Kier molecular flexibility index (Phi) is 8.18. The van der Waals surface area contributed by atoms with E-state index in [-0.39, 0.29) is 12.0 Å². The summed E-state index contributed by atoms with van der Waals surface area (Å²) in [7, 11) is 0. The molecule has 5 heteroatoms. The van der Waals surface area contributed by atoms with Gasteiger partial charge in [0.2, 0.25) is 5.91 Å². The zero-order valence-electron chi connectivity index (χ0n) is 17.7. The lowest BCUT2D eigenvalue weighted by Crippen LogP contribution is -2.22. The van der Waals surface area contributed by atoms with Crippen molar-refractivity contribution in [3.8, 4) is 5.75 Å². The number of anilines is 3. The van der Waals surface area contributed by atoms with Crippen LogP contribution in [0, 0.1) is 6.92 Å². The van der Waals surface area contributed by atoms with Gasteiger partial charge in [0.15, 0.2) is 0 Å². The highest BCUT2D eigenvalue weighted by atomic mass is 16.5. The van der Waals surface area contributed by atoms with Gasteiger partial charge < -0.3 is 20.3 Å². The zero-order chi connectivity index (χ0) is 20.5. The molecule has 28 heavy (non-hydrogen) atoms. The average Bonchev–Trinajstić information content (AvgIpc) is 2.66. The first-order valence-electron chi connectivity index (χ1n) is 10.1. The predicted octanol–water partition coefficient (Wildman–Crippen LogP) is 5.07. The number of carbonyl (C=O) groups excluding carboxylic acids is 1. The van der Waals surface area contributed by atoms with Crippen molar-refractivity contribution in [2.75, 3.05) is 35.2 Å². The number of carbonyl (C=O) groups is 1. The summed E-state index contributed by atoms with van der Waals surface area (Å²) in [5.74, 6) is 0.800. The van der Waals surface area contributed by atoms with E-state index in [4.69, 9.17) is 4.74 Å². The van der Waals surface area contributed by atoms with E-state index < -0.39 is 0 Å². The first-order chi connectivity index (χ1) is 13.4. The Labute approximate surface area is 169 Å². The van der Waals surface area contributed by atoms with Gasteiger partial charge in [-0.2, -0.15) is 0 Å². The third kappa shape index (κ3) is 6.19. The fourth-order valence-corrected chi connectivity index (χ4v) is 3.07. The number of rotatable bonds is 10. The fourth-order valence-electron chi connectivity index (χ4n) is 3.07. The number of hydrogen-bond acceptors (Lipinski definition) is 4. The molecule has 5 nitrogen and oxygen atoms in total. The van der Waals surface area contributed by atoms with Crippen molar-refractivity contribution in [2.45, 2.75) is 47.1 Å². The smallest absolute Gasteiger partial charge is 0.226 e. The van der Waals surface area contributed by atoms with Gasteiger partial charge in [0.25, 0.3) is 0 Å². The van der Waals surface area contributed by atoms with E-state index in [2.05, 4.69) is 41.5 Å². The van der Waals surface area contributed by atoms with E-state index >= 15 is 0 Å². The van der Waals surface area contributed by atoms with Crippen molar-refractivity contribution >= 4 is 23.0 Å². The van der Waals surface area contributed by atoms with Crippen molar-refractivity contribution in [3.05, 3.63) is 48.0 Å². The van der Waals surface area contributed by atoms with Crippen molar-refractivity contribution in [3.63, 3.8) is 0 Å². The molecule has 0 aromatic heterocycles. The molecule has 0 saturated heterocycles. The summed E-state index contributed by atoms with van der Waals surface area (Å²) in [4.78, 5) is 14.6. The highest BCUT2D eigenvalue weighted by Crippen LogP contribution is 2.25. The number of ether oxygens (including phenoxy) is 1. The van der Waals surface area contributed by atoms with Crippen LogP contribution < -0.4 is 20.3 Å². The molecular weight excluding hydrogens is 350 g/mol. The van der Waals surface area contributed by atoms with Crippen LogP contribution in [0.3, 0.4) is 0 Å². The second-order valence-corrected chi connectivity index (χ2v) is 7.06. The topological polar surface area (TPSA) is 53.6 Å². The highest BCUT2D eigenvalue weighted by Gasteiger charge is 2.09. The molecule has 0 aliphatic rings. The Hall–Kier alpha value is -2.69. The van der Waals surface area contributed by atoms with Gasteiger partial charge in [-0.1, -0.05) is 12.1 Å². The van der Waals surface area contributed by atoms with Gasteiger partial charge in [-0.15, -0.1) is 0 Å². The number of amides is 1. The SMILES string of the molecule is CCN(CC)c1ccc(NC(=O)CCNc2ccccc2OC(C)C)c(C)c1. The van der Waals surface area contributed by atoms with Gasteiger partial charge in [-0.3, -0.25) is 4.79 Å². The summed E-state index contributed by atoms with van der Waals surface area (Å²) >= 11 is 0. The molecule has 2 rings (SSSR count). The second kappa shape index (κ2) is 10.6. The highest BCUT2D eigenvalue weighted by molar-refractivity contribution is 5.92. The number of benzene rings is 2. The van der Waals surface area contributed by atoms with Gasteiger partial charge in [0.1, 0.15) is 5.75 Å². The maximum Gasteiger partial charge on any atom is 0.226 e. The molecule has 2 aromatic carbocycles. The quantitative estimate of drug-likeness (QED) is 0.601. The van der Waals surface area contributed by atoms with Crippen LogP contribution in [0.4, 0.5) is 17.1 Å². The maximum atomic E-state index is 12.4. The minimum Gasteiger partial charge on any atom is -0.489 e. The fraction of sp³-hybridized carbons (Fsp3) is 0.435. The summed E-state index contributed by atoms with van der Waals surface area (Å²) in [6.45, 7) is 12.8. The summed E-state index contributed by atoms with van der Waals surface area (Å²) in [5.41, 5.74) is 4.03. The largest absolute Gasteiger partial charge is 0.489 e. The molecule has 2 N–H and O–H groups in total. The second-order valence-electron chi connectivity index (χ2n) is 7.06. The van der Waals surface area contributed by atoms with Gasteiger partial charge in [0.05, 0.1) is 11.8 Å². The minimum absolute atomic E-state index is 0.00607. The van der Waals surface area contributed by atoms with Gasteiger partial charge in [-0.25, -0.2) is 0 Å². The van der Waals surface area contributed by atoms with Crippen LogP contribution in [0.15, 0.2) is 42.5 Å². The molecule has 0 atom stereocenters. The van der Waals surface area contributed by atoms with Gasteiger partial charge in [0, 0.05) is 37.4 Å². The van der Waals surface area contributed by atoms with Crippen LogP contribution >= 0.6 is 0 Å². The molecule has 0 bridgehead atoms. The normalized spacial score (nSPS) is 10.6. The van der Waals surface area contributed by atoms with Crippen LogP contribution in [0.5, 0.6) is 5.75 Å². The number of hydrogen-bond donors (Lipinski definition) is 2. The molecule has 0 radical (unpaired) electrons. The van der Waals surface area contributed by atoms with E-state index in [1.54, 1.807) is 0 Å². The molecule has 2 aromatic rings. The summed E-state index contributed by atoms with van der Waals surface area (Å²) in [6.07, 6.45) is 0.487. The van der Waals surface area contributed by atoms with Crippen molar-refractivity contribution in [1.82, 2.24) is 0 Å². The van der Waals surface area contributed by atoms with Gasteiger partial charge >= 0.3 is 0 Å². The maximum absolute atomic E-state index is 12.4. The Morgan fingerprint density at radius 3 is 2.43 bits per heavy atom. The van der Waals surface area contributed by atoms with E-state index in [9.17, 15) is 4.79 Å². The molecule has 0 aliphatic carbocycles. The zero-order valence-corrected chi connectivity index (χ0v) is 17.7. The van der Waals surface area contributed by atoms with Crippen LogP contribution in [0.25, 0.3) is 0 Å². The van der Waals surface area contributed by atoms with Crippen molar-refractivity contribution in [1.29, 1.82) is 0 Å². The third-order valence-electron chi connectivity index (χ3n) is 4.53. The molecule has 0 spiro atoms. The van der Waals surface area contributed by atoms with Gasteiger partial charge in [-0.05, 0) is 70.5 Å². The number of para-hydroxylation sites is 2. The molecule has 1 amide bonds. The Morgan fingerprint density at radius 2 is 1.79 bits per heavy atom. The predicted molar refractivity (Wildman–Crippen MR) is 119 cm³/mol. The number of nitrogens with zero attached hydrogens (tertiary/aromatic N) is 1. The van der Waals surface area contributed by atoms with Crippen LogP contribution in [0.2, 0.25) is 0 Å². The molecule has 152 valence electrons. The lowest BCUT2D eigenvalue weighted by molar-refractivity contribution is -0.115. The molecule has 0 saturated carbocycles. The summed E-state index contributed by atoms with van der Waals surface area (Å²) in [5, 5.41) is 6.31. The number of aryl methyl sites for hydroxylation is 1. The third-order valence-corrected chi connectivity index (χ3v) is 4.53. The van der Waals surface area contributed by atoms with Crippen LogP contribution in [-0.4, -0.2) is 31.6 Å². The first kappa shape index (κ1) is 21.6. The minimum atomic E-state index is -0.00607. The average molecular weight is 384 g/mol. The Morgan fingerprint density at radius 1 is 1.07 bits per heavy atom. The molecular formula is C23H33N3O2. The first-order valence-corrected chi connectivity index (χ1v) is 10.1. The van der Waals surface area contributed by atoms with Crippen molar-refractivity contribution in [2.24, 2.45) is 0 Å². The number of nitrogens with one attached hydrogen (secondary N) is 2. The molecule has 0 fully saturated rings. The lowest BCUT2D eigenvalue weighted by atomic mass is 10.1. The van der Waals surface area contributed by atoms with E-state index in [0.717, 1.165) is 35.8 Å². The standard InChI is InChI=1S/C23H33N3O2/c1-6-26(7-2)19-12-13-20(18(5)16-19)25-23(27)14-15-24-21-10-8-9-11-22(21)28-17(3)4/h8-13,16-17,24H,6-7,14-15H2,1-5H3,(H,25,27). The van der Waals surface area contributed by atoms with Crippen LogP contribution in [-0.2, 0) is 4.79 Å². The molecule has 0 heterocycles. The van der Waals surface area contributed by atoms with E-state index in [0.29, 0.717) is 13.0 Å². The van der Waals surface area contributed by atoms with Crippen molar-refractivity contribution < 1.29 is 9.53 Å². The molecule has 0 unspecified atom stereocenters. The monoisotopic (exact) mass is 383 g/mol. The van der Waals surface area contributed by atoms with E-state index in [1.165, 1.54) is 5.69 Å². The summed E-state index contributed by atoms with van der Waals surface area (Å²) in [6, 6.07) is 14.0. The van der Waals surface area contributed by atoms with Crippen LogP contribution in [0.1, 0.15) is 39.7 Å². The Balaban J connectivity index is 1.90. The summed E-state index contributed by atoms with van der Waals surface area (Å²) < 4.78 is 5.80. The van der Waals surface area contributed by atoms with E-state index in [1.807, 2.05) is 51.1 Å². The molecule has 0 aliphatic heterocycles.